The molecule has 0 aliphatic carbocycles. The largest absolute Gasteiger partial charge is 0.489 e. The Morgan fingerprint density at radius 2 is 1.87 bits per heavy atom. The maximum absolute atomic E-state index is 10.9. The van der Waals surface area contributed by atoms with Gasteiger partial charge >= 0.3 is 0 Å². The van der Waals surface area contributed by atoms with Crippen LogP contribution < -0.4 is 4.74 Å². The molecule has 0 aliphatic heterocycles. The molecule has 0 spiro atoms. The van der Waals surface area contributed by atoms with E-state index in [2.05, 4.69) is 0 Å². The van der Waals surface area contributed by atoms with Crippen LogP contribution >= 0.6 is 11.8 Å². The van der Waals surface area contributed by atoms with E-state index < -0.39 is 12.2 Å². The van der Waals surface area contributed by atoms with Gasteiger partial charge in [-0.05, 0) is 23.3 Å². The zero-order chi connectivity index (χ0) is 16.7. The highest BCUT2D eigenvalue weighted by Crippen LogP contribution is 2.24. The molecule has 2 atom stereocenters. The van der Waals surface area contributed by atoms with Gasteiger partial charge in [-0.15, -0.1) is 0 Å². The average Bonchev–Trinajstić information content (AvgIpc) is 2.58. The zero-order valence-corrected chi connectivity index (χ0v) is 13.7. The van der Waals surface area contributed by atoms with E-state index in [9.17, 15) is 15.0 Å². The summed E-state index contributed by atoms with van der Waals surface area (Å²) in [4.78, 5) is 10.9. The monoisotopic (exact) mass is 332 g/mol. The van der Waals surface area contributed by atoms with Crippen molar-refractivity contribution in [3.63, 3.8) is 0 Å². The highest BCUT2D eigenvalue weighted by atomic mass is 32.2. The van der Waals surface area contributed by atoms with Gasteiger partial charge in [-0.25, -0.2) is 0 Å². The predicted molar refractivity (Wildman–Crippen MR) is 91.3 cm³/mol. The van der Waals surface area contributed by atoms with Crippen molar-refractivity contribution in [2.24, 2.45) is 0 Å². The molecule has 0 amide bonds. The van der Waals surface area contributed by atoms with Crippen molar-refractivity contribution in [1.82, 2.24) is 0 Å². The Hall–Kier alpha value is -1.82. The molecular formula is C18H20O4S. The number of hydrogen-bond acceptors (Lipinski definition) is 5. The van der Waals surface area contributed by atoms with Crippen molar-refractivity contribution in [2.75, 3.05) is 5.75 Å². The average molecular weight is 332 g/mol. The second-order valence-corrected chi connectivity index (χ2v) is 6.36. The quantitative estimate of drug-likeness (QED) is 0.816. The Balaban J connectivity index is 1.97. The maximum Gasteiger partial charge on any atom is 0.185 e. The van der Waals surface area contributed by atoms with E-state index in [4.69, 9.17) is 4.74 Å². The number of carbonyl (C=O) groups is 1. The summed E-state index contributed by atoms with van der Waals surface area (Å²) in [5.74, 6) is 0.780. The molecule has 4 nitrogen and oxygen atoms in total. The van der Waals surface area contributed by atoms with Crippen LogP contribution in [-0.4, -0.2) is 27.2 Å². The molecule has 5 heteroatoms. The first-order valence-electron chi connectivity index (χ1n) is 7.32. The second-order valence-electron chi connectivity index (χ2n) is 5.16. The van der Waals surface area contributed by atoms with Crippen LogP contribution in [-0.2, 0) is 11.4 Å². The van der Waals surface area contributed by atoms with Gasteiger partial charge in [0, 0.05) is 12.7 Å². The first-order valence-corrected chi connectivity index (χ1v) is 8.31. The molecule has 2 unspecified atom stereocenters. The van der Waals surface area contributed by atoms with Crippen molar-refractivity contribution >= 4 is 16.9 Å². The molecule has 122 valence electrons. The fourth-order valence-corrected chi connectivity index (χ4v) is 2.63. The van der Waals surface area contributed by atoms with E-state index in [0.29, 0.717) is 17.9 Å². The molecule has 0 radical (unpaired) electrons. The van der Waals surface area contributed by atoms with Gasteiger partial charge in [0.2, 0.25) is 0 Å². The lowest BCUT2D eigenvalue weighted by atomic mass is 10.1. The third-order valence-corrected chi connectivity index (χ3v) is 4.18. The molecule has 2 N–H and O–H groups in total. The number of hydrogen-bond donors (Lipinski definition) is 2. The first-order chi connectivity index (χ1) is 11.1. The van der Waals surface area contributed by atoms with Crippen molar-refractivity contribution in [3.05, 3.63) is 65.7 Å². The van der Waals surface area contributed by atoms with Gasteiger partial charge in [-0.1, -0.05) is 54.2 Å². The molecule has 0 heterocycles. The lowest BCUT2D eigenvalue weighted by molar-refractivity contribution is -0.109. The number of benzene rings is 2. The Kier molecular flexibility index (Phi) is 6.65. The summed E-state index contributed by atoms with van der Waals surface area (Å²) < 4.78 is 5.71. The lowest BCUT2D eigenvalue weighted by Crippen LogP contribution is -2.21. The summed E-state index contributed by atoms with van der Waals surface area (Å²) >= 11 is 0.994. The van der Waals surface area contributed by atoms with Crippen molar-refractivity contribution in [2.45, 2.75) is 25.7 Å². The minimum Gasteiger partial charge on any atom is -0.489 e. The minimum absolute atomic E-state index is 0.0869. The van der Waals surface area contributed by atoms with Crippen molar-refractivity contribution in [3.8, 4) is 5.75 Å². The van der Waals surface area contributed by atoms with Crippen LogP contribution in [0.1, 0.15) is 24.2 Å². The molecule has 23 heavy (non-hydrogen) atoms. The third kappa shape index (κ3) is 5.71. The highest BCUT2D eigenvalue weighted by Gasteiger charge is 2.19. The standard InChI is InChI=1S/C18H20O4S/c1-13(19)23-12-17(20)18(21)15-8-5-9-16(10-15)22-11-14-6-3-2-4-7-14/h2-10,17-18,20-21H,11-12H2,1H3. The summed E-state index contributed by atoms with van der Waals surface area (Å²) in [5, 5.41) is 20.0. The Bertz CT molecular complexity index is 630. The smallest absolute Gasteiger partial charge is 0.185 e. The Labute approximate surface area is 140 Å². The lowest BCUT2D eigenvalue weighted by Gasteiger charge is -2.18. The summed E-state index contributed by atoms with van der Waals surface area (Å²) in [5.41, 5.74) is 1.61. The normalized spacial score (nSPS) is 13.3. The fourth-order valence-electron chi connectivity index (χ4n) is 2.05. The maximum atomic E-state index is 10.9. The number of carbonyl (C=O) groups excluding carboxylic acids is 1. The third-order valence-electron chi connectivity index (χ3n) is 3.27. The van der Waals surface area contributed by atoms with Crippen LogP contribution in [0.3, 0.4) is 0 Å². The molecule has 0 saturated heterocycles. The summed E-state index contributed by atoms with van der Waals surface area (Å²) in [6.45, 7) is 1.87. The molecule has 0 saturated carbocycles. The van der Waals surface area contributed by atoms with Crippen molar-refractivity contribution < 1.29 is 19.7 Å². The van der Waals surface area contributed by atoms with E-state index in [1.165, 1.54) is 6.92 Å². The number of rotatable bonds is 7. The molecular weight excluding hydrogens is 312 g/mol. The predicted octanol–water partition coefficient (Wildman–Crippen LogP) is 2.94. The molecule has 2 aromatic carbocycles. The molecule has 0 bridgehead atoms. The number of thioether (sulfide) groups is 1. The molecule has 2 rings (SSSR count). The molecule has 0 aromatic heterocycles. The van der Waals surface area contributed by atoms with Gasteiger partial charge in [0.15, 0.2) is 5.12 Å². The van der Waals surface area contributed by atoms with Gasteiger partial charge in [-0.2, -0.15) is 0 Å². The van der Waals surface area contributed by atoms with E-state index in [-0.39, 0.29) is 10.9 Å². The Morgan fingerprint density at radius 3 is 2.57 bits per heavy atom. The van der Waals surface area contributed by atoms with E-state index in [1.807, 2.05) is 30.3 Å². The number of ether oxygens (including phenoxy) is 1. The zero-order valence-electron chi connectivity index (χ0n) is 12.9. The minimum atomic E-state index is -1.05. The van der Waals surface area contributed by atoms with Crippen molar-refractivity contribution in [1.29, 1.82) is 0 Å². The van der Waals surface area contributed by atoms with E-state index in [1.54, 1.807) is 24.3 Å². The molecule has 2 aromatic rings. The van der Waals surface area contributed by atoms with Crippen LogP contribution in [0.5, 0.6) is 5.75 Å². The van der Waals surface area contributed by atoms with Gasteiger partial charge in [0.1, 0.15) is 18.5 Å². The fraction of sp³-hybridized carbons (Fsp3) is 0.278. The van der Waals surface area contributed by atoms with Crippen LogP contribution in [0.15, 0.2) is 54.6 Å². The van der Waals surface area contributed by atoms with Gasteiger partial charge < -0.3 is 14.9 Å². The topological polar surface area (TPSA) is 66.8 Å². The van der Waals surface area contributed by atoms with Gasteiger partial charge in [0.05, 0.1) is 6.10 Å². The first kappa shape index (κ1) is 17.5. The number of aliphatic hydroxyl groups is 2. The molecule has 0 aliphatic rings. The summed E-state index contributed by atoms with van der Waals surface area (Å²) in [7, 11) is 0. The van der Waals surface area contributed by atoms with Crippen LogP contribution in [0.2, 0.25) is 0 Å². The highest BCUT2D eigenvalue weighted by molar-refractivity contribution is 8.13. The van der Waals surface area contributed by atoms with Crippen LogP contribution in [0.4, 0.5) is 0 Å². The number of aliphatic hydroxyl groups excluding tert-OH is 2. The van der Waals surface area contributed by atoms with E-state index >= 15 is 0 Å². The SMILES string of the molecule is CC(=O)SCC(O)C(O)c1cccc(OCc2ccccc2)c1. The van der Waals surface area contributed by atoms with Gasteiger partial charge in [-0.3, -0.25) is 4.79 Å². The molecule has 0 fully saturated rings. The van der Waals surface area contributed by atoms with Crippen LogP contribution in [0, 0.1) is 0 Å². The van der Waals surface area contributed by atoms with Crippen LogP contribution in [0.25, 0.3) is 0 Å². The summed E-state index contributed by atoms with van der Waals surface area (Å²) in [6, 6.07) is 16.8. The van der Waals surface area contributed by atoms with Gasteiger partial charge in [0.25, 0.3) is 0 Å². The van der Waals surface area contributed by atoms with E-state index in [0.717, 1.165) is 17.3 Å². The second kappa shape index (κ2) is 8.72. The Morgan fingerprint density at radius 1 is 1.13 bits per heavy atom. The summed E-state index contributed by atoms with van der Waals surface area (Å²) in [6.07, 6.45) is -2.06.